The number of anilines is 1. The number of sulfonamides is 1. The van der Waals surface area contributed by atoms with E-state index in [2.05, 4.69) is 30.8 Å². The van der Waals surface area contributed by atoms with Gasteiger partial charge < -0.3 is 0 Å². The molecule has 0 atom stereocenters. The summed E-state index contributed by atoms with van der Waals surface area (Å²) in [7, 11) is -3.77. The van der Waals surface area contributed by atoms with Gasteiger partial charge in [-0.2, -0.15) is 5.10 Å². The van der Waals surface area contributed by atoms with Crippen molar-refractivity contribution >= 4 is 31.6 Å². The van der Waals surface area contributed by atoms with Crippen molar-refractivity contribution in [3.63, 3.8) is 0 Å². The molecule has 1 aromatic carbocycles. The van der Waals surface area contributed by atoms with E-state index in [4.69, 9.17) is 0 Å². The molecule has 0 amide bonds. The summed E-state index contributed by atoms with van der Waals surface area (Å²) in [5.74, 6) is -0.443. The van der Waals surface area contributed by atoms with Crippen molar-refractivity contribution in [2.24, 2.45) is 0 Å². The summed E-state index contributed by atoms with van der Waals surface area (Å²) in [5, 5.41) is 6.49. The number of aryl methyl sites for hydroxylation is 3. The molecular formula is C12H13BrFN3O2S. The lowest BCUT2D eigenvalue weighted by atomic mass is 10.2. The Bertz CT molecular complexity index is 752. The van der Waals surface area contributed by atoms with Crippen molar-refractivity contribution in [1.29, 1.82) is 0 Å². The Labute approximate surface area is 124 Å². The third kappa shape index (κ3) is 2.71. The number of halogens is 2. The summed E-state index contributed by atoms with van der Waals surface area (Å²) < 4.78 is 40.8. The first-order chi connectivity index (χ1) is 9.22. The Morgan fingerprint density at radius 3 is 2.50 bits per heavy atom. The van der Waals surface area contributed by atoms with Gasteiger partial charge in [0.1, 0.15) is 10.7 Å². The summed E-state index contributed by atoms with van der Waals surface area (Å²) in [6, 6.07) is 2.66. The third-order valence-electron chi connectivity index (χ3n) is 2.84. The highest BCUT2D eigenvalue weighted by atomic mass is 79.9. The second kappa shape index (κ2) is 5.17. The SMILES string of the molecule is Cc1cc(F)c(Br)cc1NS(=O)(=O)c1c(C)n[nH]c1C. The molecule has 0 saturated carbocycles. The van der Waals surface area contributed by atoms with Crippen LogP contribution in [-0.2, 0) is 10.0 Å². The van der Waals surface area contributed by atoms with Crippen LogP contribution in [0.3, 0.4) is 0 Å². The molecule has 2 aromatic rings. The van der Waals surface area contributed by atoms with Crippen LogP contribution in [0, 0.1) is 26.6 Å². The number of H-pyrrole nitrogens is 1. The standard InChI is InChI=1S/C12H13BrFN3O2S/c1-6-4-10(14)9(13)5-11(6)17-20(18,19)12-7(2)15-16-8(12)3/h4-5,17H,1-3H3,(H,15,16). The van der Waals surface area contributed by atoms with Crippen LogP contribution in [0.25, 0.3) is 0 Å². The zero-order valence-electron chi connectivity index (χ0n) is 11.1. The van der Waals surface area contributed by atoms with Gasteiger partial charge in [-0.3, -0.25) is 9.82 Å². The fourth-order valence-corrected chi connectivity index (χ4v) is 3.73. The van der Waals surface area contributed by atoms with Gasteiger partial charge in [0.2, 0.25) is 0 Å². The fourth-order valence-electron chi connectivity index (χ4n) is 1.89. The maximum Gasteiger partial charge on any atom is 0.265 e. The van der Waals surface area contributed by atoms with E-state index >= 15 is 0 Å². The van der Waals surface area contributed by atoms with E-state index in [0.717, 1.165) is 0 Å². The Morgan fingerprint density at radius 1 is 1.30 bits per heavy atom. The summed E-state index contributed by atoms with van der Waals surface area (Å²) in [4.78, 5) is 0.109. The minimum absolute atomic E-state index is 0.109. The van der Waals surface area contributed by atoms with Crippen molar-refractivity contribution in [3.8, 4) is 0 Å². The van der Waals surface area contributed by atoms with Crippen molar-refractivity contribution in [3.05, 3.63) is 39.4 Å². The quantitative estimate of drug-likeness (QED) is 0.881. The molecule has 5 nitrogen and oxygen atoms in total. The van der Waals surface area contributed by atoms with E-state index in [1.54, 1.807) is 20.8 Å². The number of aromatic nitrogens is 2. The molecule has 0 aliphatic rings. The Hall–Kier alpha value is -1.41. The van der Waals surface area contributed by atoms with E-state index < -0.39 is 15.8 Å². The topological polar surface area (TPSA) is 74.8 Å². The van der Waals surface area contributed by atoms with E-state index in [0.29, 0.717) is 22.6 Å². The van der Waals surface area contributed by atoms with Crippen LogP contribution in [0.15, 0.2) is 21.5 Å². The summed E-state index contributed by atoms with van der Waals surface area (Å²) in [6.45, 7) is 4.86. The number of rotatable bonds is 3. The highest BCUT2D eigenvalue weighted by molar-refractivity contribution is 9.10. The maximum atomic E-state index is 13.4. The molecule has 0 saturated heterocycles. The summed E-state index contributed by atoms with van der Waals surface area (Å²) in [6.07, 6.45) is 0. The van der Waals surface area contributed by atoms with Gasteiger partial charge in [0.15, 0.2) is 0 Å². The van der Waals surface area contributed by atoms with Crippen LogP contribution >= 0.6 is 15.9 Å². The molecule has 2 N–H and O–H groups in total. The Morgan fingerprint density at radius 2 is 1.95 bits per heavy atom. The third-order valence-corrected chi connectivity index (χ3v) is 5.08. The highest BCUT2D eigenvalue weighted by Crippen LogP contribution is 2.27. The number of nitrogens with one attached hydrogen (secondary N) is 2. The molecule has 20 heavy (non-hydrogen) atoms. The first-order valence-corrected chi connectivity index (χ1v) is 8.00. The molecule has 1 heterocycles. The molecule has 108 valence electrons. The van der Waals surface area contributed by atoms with Crippen LogP contribution in [0.2, 0.25) is 0 Å². The van der Waals surface area contributed by atoms with Gasteiger partial charge in [-0.15, -0.1) is 0 Å². The van der Waals surface area contributed by atoms with Gasteiger partial charge in [-0.1, -0.05) is 0 Å². The molecule has 2 rings (SSSR count). The van der Waals surface area contributed by atoms with Crippen LogP contribution in [-0.4, -0.2) is 18.6 Å². The minimum Gasteiger partial charge on any atom is -0.281 e. The molecule has 0 fully saturated rings. The van der Waals surface area contributed by atoms with Crippen LogP contribution < -0.4 is 4.72 Å². The van der Waals surface area contributed by atoms with Gasteiger partial charge in [0, 0.05) is 0 Å². The average molecular weight is 362 g/mol. The molecule has 0 aliphatic heterocycles. The van der Waals surface area contributed by atoms with Crippen molar-refractivity contribution < 1.29 is 12.8 Å². The number of hydrogen-bond acceptors (Lipinski definition) is 3. The summed E-state index contributed by atoms with van der Waals surface area (Å²) >= 11 is 3.04. The van der Waals surface area contributed by atoms with Crippen LogP contribution in [0.4, 0.5) is 10.1 Å². The van der Waals surface area contributed by atoms with Gasteiger partial charge in [0.25, 0.3) is 10.0 Å². The second-order valence-electron chi connectivity index (χ2n) is 4.45. The highest BCUT2D eigenvalue weighted by Gasteiger charge is 2.23. The molecule has 8 heteroatoms. The lowest BCUT2D eigenvalue weighted by Crippen LogP contribution is -2.15. The van der Waals surface area contributed by atoms with Crippen molar-refractivity contribution in [1.82, 2.24) is 10.2 Å². The lowest BCUT2D eigenvalue weighted by molar-refractivity contribution is 0.599. The van der Waals surface area contributed by atoms with Gasteiger partial charge in [-0.25, -0.2) is 12.8 Å². The first-order valence-electron chi connectivity index (χ1n) is 5.72. The van der Waals surface area contributed by atoms with Crippen LogP contribution in [0.5, 0.6) is 0 Å². The van der Waals surface area contributed by atoms with Crippen LogP contribution in [0.1, 0.15) is 17.0 Å². The normalized spacial score (nSPS) is 11.7. The zero-order valence-corrected chi connectivity index (χ0v) is 13.5. The predicted molar refractivity (Wildman–Crippen MR) is 77.7 cm³/mol. The zero-order chi connectivity index (χ0) is 15.1. The number of nitrogens with zero attached hydrogens (tertiary/aromatic N) is 1. The predicted octanol–water partition coefficient (Wildman–Crippen LogP) is 3.04. The molecule has 1 aromatic heterocycles. The molecular weight excluding hydrogens is 349 g/mol. The van der Waals surface area contributed by atoms with E-state index in [-0.39, 0.29) is 9.37 Å². The largest absolute Gasteiger partial charge is 0.281 e. The molecule has 0 radical (unpaired) electrons. The summed E-state index contributed by atoms with van der Waals surface area (Å²) in [5.41, 5.74) is 1.65. The molecule has 0 spiro atoms. The van der Waals surface area contributed by atoms with E-state index in [9.17, 15) is 12.8 Å². The van der Waals surface area contributed by atoms with Gasteiger partial charge in [0.05, 0.1) is 21.5 Å². The smallest absolute Gasteiger partial charge is 0.265 e. The van der Waals surface area contributed by atoms with Crippen molar-refractivity contribution in [2.75, 3.05) is 4.72 Å². The van der Waals surface area contributed by atoms with Crippen molar-refractivity contribution in [2.45, 2.75) is 25.7 Å². The second-order valence-corrected chi connectivity index (χ2v) is 6.92. The molecule has 0 unspecified atom stereocenters. The average Bonchev–Trinajstić information content (AvgIpc) is 2.66. The number of aromatic amines is 1. The fraction of sp³-hybridized carbons (Fsp3) is 0.250. The van der Waals surface area contributed by atoms with E-state index in [1.807, 2.05) is 0 Å². The van der Waals surface area contributed by atoms with Gasteiger partial charge >= 0.3 is 0 Å². The van der Waals surface area contributed by atoms with E-state index in [1.165, 1.54) is 12.1 Å². The Kier molecular flexibility index (Phi) is 3.88. The Balaban J connectivity index is 2.47. The molecule has 0 bridgehead atoms. The van der Waals surface area contributed by atoms with Gasteiger partial charge in [-0.05, 0) is 54.4 Å². The number of benzene rings is 1. The number of hydrogen-bond donors (Lipinski definition) is 2. The maximum absolute atomic E-state index is 13.4. The monoisotopic (exact) mass is 361 g/mol. The molecule has 0 aliphatic carbocycles. The minimum atomic E-state index is -3.77. The lowest BCUT2D eigenvalue weighted by Gasteiger charge is -2.11. The first kappa shape index (κ1) is 15.0.